The zero-order valence-electron chi connectivity index (χ0n) is 16.6. The molecule has 0 spiro atoms. The fourth-order valence-corrected chi connectivity index (χ4v) is 3.59. The van der Waals surface area contributed by atoms with Gasteiger partial charge < -0.3 is 5.11 Å². The number of alkyl halides is 3. The molecule has 0 aromatic heterocycles. The van der Waals surface area contributed by atoms with Crippen molar-refractivity contribution < 1.29 is 18.3 Å². The van der Waals surface area contributed by atoms with Crippen molar-refractivity contribution in [3.8, 4) is 5.75 Å². The summed E-state index contributed by atoms with van der Waals surface area (Å²) in [6.07, 6.45) is -3.95. The number of halogens is 3. The lowest BCUT2D eigenvalue weighted by Gasteiger charge is -2.30. The molecule has 0 aliphatic rings. The molecule has 5 heteroatoms. The van der Waals surface area contributed by atoms with Gasteiger partial charge in [0.25, 0.3) is 0 Å². The summed E-state index contributed by atoms with van der Waals surface area (Å²) in [7, 11) is 0. The summed E-state index contributed by atoms with van der Waals surface area (Å²) in [6, 6.07) is 7.02. The molecule has 0 unspecified atom stereocenters. The van der Waals surface area contributed by atoms with Crippen molar-refractivity contribution in [2.75, 3.05) is 0 Å². The minimum Gasteiger partial charge on any atom is -0.507 e. The van der Waals surface area contributed by atoms with E-state index in [0.29, 0.717) is 6.42 Å². The van der Waals surface area contributed by atoms with Crippen molar-refractivity contribution in [2.45, 2.75) is 69.9 Å². The van der Waals surface area contributed by atoms with E-state index in [0.717, 1.165) is 39.3 Å². The molecular formula is C22H27F3OS. The molecule has 2 aromatic rings. The zero-order chi connectivity index (χ0) is 20.8. The van der Waals surface area contributed by atoms with E-state index in [1.54, 1.807) is 0 Å². The fraction of sp³-hybridized carbons (Fsp3) is 0.455. The smallest absolute Gasteiger partial charge is 0.416 e. The van der Waals surface area contributed by atoms with Gasteiger partial charge in [-0.05, 0) is 46.6 Å². The van der Waals surface area contributed by atoms with Crippen molar-refractivity contribution in [3.63, 3.8) is 0 Å². The van der Waals surface area contributed by atoms with E-state index in [-0.39, 0.29) is 16.6 Å². The average Bonchev–Trinajstić information content (AvgIpc) is 2.47. The van der Waals surface area contributed by atoms with Gasteiger partial charge in [0.15, 0.2) is 0 Å². The molecule has 0 radical (unpaired) electrons. The molecule has 2 rings (SSSR count). The molecule has 27 heavy (non-hydrogen) atoms. The highest BCUT2D eigenvalue weighted by Crippen LogP contribution is 2.44. The monoisotopic (exact) mass is 396 g/mol. The van der Waals surface area contributed by atoms with Crippen molar-refractivity contribution in [3.05, 3.63) is 58.1 Å². The molecule has 0 saturated heterocycles. The minimum absolute atomic E-state index is 0.245. The maximum Gasteiger partial charge on any atom is 0.416 e. The van der Waals surface area contributed by atoms with Crippen molar-refractivity contribution in [2.24, 2.45) is 0 Å². The van der Waals surface area contributed by atoms with E-state index < -0.39 is 11.7 Å². The van der Waals surface area contributed by atoms with E-state index in [4.69, 9.17) is 0 Å². The number of rotatable bonds is 2. The Labute approximate surface area is 165 Å². The van der Waals surface area contributed by atoms with Crippen LogP contribution < -0.4 is 0 Å². The summed E-state index contributed by atoms with van der Waals surface area (Å²) in [6.45, 7) is 12.1. The molecule has 148 valence electrons. The highest BCUT2D eigenvalue weighted by Gasteiger charge is 2.31. The normalized spacial score (nSPS) is 13.1. The van der Waals surface area contributed by atoms with Crippen LogP contribution in [-0.2, 0) is 23.4 Å². The molecule has 0 bridgehead atoms. The molecule has 0 amide bonds. The van der Waals surface area contributed by atoms with Gasteiger partial charge in [0.1, 0.15) is 5.75 Å². The number of benzene rings is 2. The molecule has 0 aliphatic heterocycles. The lowest BCUT2D eigenvalue weighted by atomic mass is 9.76. The van der Waals surface area contributed by atoms with Crippen LogP contribution in [0.15, 0.2) is 35.2 Å². The van der Waals surface area contributed by atoms with Gasteiger partial charge in [-0.15, -0.1) is 12.6 Å². The fourth-order valence-electron chi connectivity index (χ4n) is 3.27. The van der Waals surface area contributed by atoms with Crippen LogP contribution in [0.5, 0.6) is 5.75 Å². The van der Waals surface area contributed by atoms with Gasteiger partial charge in [0.05, 0.1) is 5.56 Å². The van der Waals surface area contributed by atoms with Gasteiger partial charge in [0.2, 0.25) is 0 Å². The quantitative estimate of drug-likeness (QED) is 0.530. The standard InChI is InChI=1S/C22H27F3OS/c1-20(2,3)16-12-17(27)15(18(19(16)26)21(4,5)6)11-13-7-9-14(10-8-13)22(23,24)25/h7-10,12,26-27H,11H2,1-6H3. The minimum atomic E-state index is -4.35. The Morgan fingerprint density at radius 3 is 1.81 bits per heavy atom. The first-order valence-electron chi connectivity index (χ1n) is 8.87. The van der Waals surface area contributed by atoms with Crippen LogP contribution in [0.25, 0.3) is 0 Å². The van der Waals surface area contributed by atoms with E-state index in [1.807, 2.05) is 47.6 Å². The lowest BCUT2D eigenvalue weighted by Crippen LogP contribution is -2.20. The van der Waals surface area contributed by atoms with E-state index >= 15 is 0 Å². The van der Waals surface area contributed by atoms with Crippen LogP contribution in [-0.4, -0.2) is 5.11 Å². The third kappa shape index (κ3) is 4.81. The molecule has 1 nitrogen and oxygen atoms in total. The molecule has 0 heterocycles. The summed E-state index contributed by atoms with van der Waals surface area (Å²) in [5.74, 6) is 0.245. The molecule has 2 aromatic carbocycles. The van der Waals surface area contributed by atoms with Crippen LogP contribution >= 0.6 is 12.6 Å². The lowest BCUT2D eigenvalue weighted by molar-refractivity contribution is -0.137. The maximum absolute atomic E-state index is 12.8. The molecule has 0 atom stereocenters. The van der Waals surface area contributed by atoms with Gasteiger partial charge in [-0.2, -0.15) is 13.2 Å². The van der Waals surface area contributed by atoms with Crippen LogP contribution in [0.4, 0.5) is 13.2 Å². The van der Waals surface area contributed by atoms with Crippen molar-refractivity contribution in [1.82, 2.24) is 0 Å². The van der Waals surface area contributed by atoms with Crippen LogP contribution in [0, 0.1) is 0 Å². The van der Waals surface area contributed by atoms with Gasteiger partial charge in [-0.25, -0.2) is 0 Å². The second-order valence-corrected chi connectivity index (χ2v) is 9.50. The van der Waals surface area contributed by atoms with Crippen LogP contribution in [0.2, 0.25) is 0 Å². The van der Waals surface area contributed by atoms with Crippen molar-refractivity contribution >= 4 is 12.6 Å². The predicted molar refractivity (Wildman–Crippen MR) is 107 cm³/mol. The Morgan fingerprint density at radius 2 is 1.41 bits per heavy atom. The first-order valence-corrected chi connectivity index (χ1v) is 9.32. The number of phenols is 1. The Bertz CT molecular complexity index is 823. The Kier molecular flexibility index (Phi) is 5.69. The van der Waals surface area contributed by atoms with Gasteiger partial charge >= 0.3 is 6.18 Å². The molecule has 0 fully saturated rings. The summed E-state index contributed by atoms with van der Waals surface area (Å²) in [5, 5.41) is 11.0. The van der Waals surface area contributed by atoms with Gasteiger partial charge in [-0.1, -0.05) is 53.7 Å². The number of phenolic OH excluding ortho intramolecular Hbond substituents is 1. The van der Waals surface area contributed by atoms with Crippen LogP contribution in [0.3, 0.4) is 0 Å². The highest BCUT2D eigenvalue weighted by atomic mass is 32.1. The predicted octanol–water partition coefficient (Wildman–Crippen LogP) is 6.89. The summed E-state index contributed by atoms with van der Waals surface area (Å²) >= 11 is 4.65. The molecule has 0 aliphatic carbocycles. The number of aromatic hydroxyl groups is 1. The summed E-state index contributed by atoms with van der Waals surface area (Å²) < 4.78 is 38.4. The third-order valence-corrected chi connectivity index (χ3v) is 5.00. The van der Waals surface area contributed by atoms with E-state index in [1.165, 1.54) is 12.1 Å². The Morgan fingerprint density at radius 1 is 0.889 bits per heavy atom. The second-order valence-electron chi connectivity index (χ2n) is 9.02. The number of hydrogen-bond acceptors (Lipinski definition) is 2. The second kappa shape index (κ2) is 7.08. The molecule has 1 N–H and O–H groups in total. The third-order valence-electron chi connectivity index (χ3n) is 4.60. The maximum atomic E-state index is 12.8. The SMILES string of the molecule is CC(C)(C)c1cc(S)c(Cc2ccc(C(F)(F)F)cc2)c(C(C)(C)C)c1O. The van der Waals surface area contributed by atoms with E-state index in [9.17, 15) is 18.3 Å². The molecule has 0 saturated carbocycles. The first kappa shape index (κ1) is 21.7. The van der Waals surface area contributed by atoms with Gasteiger partial charge in [-0.3, -0.25) is 0 Å². The Balaban J connectivity index is 2.58. The molecular weight excluding hydrogens is 369 g/mol. The summed E-state index contributed by atoms with van der Waals surface area (Å²) in [5.41, 5.74) is 1.92. The number of thiol groups is 1. The zero-order valence-corrected chi connectivity index (χ0v) is 17.5. The van der Waals surface area contributed by atoms with E-state index in [2.05, 4.69) is 12.6 Å². The van der Waals surface area contributed by atoms with Gasteiger partial charge in [0, 0.05) is 16.0 Å². The summed E-state index contributed by atoms with van der Waals surface area (Å²) in [4.78, 5) is 0.738. The topological polar surface area (TPSA) is 20.2 Å². The average molecular weight is 397 g/mol. The van der Waals surface area contributed by atoms with Crippen LogP contribution in [0.1, 0.15) is 69.4 Å². The van der Waals surface area contributed by atoms with Crippen molar-refractivity contribution in [1.29, 1.82) is 0 Å². The Hall–Kier alpha value is -1.62. The largest absolute Gasteiger partial charge is 0.507 e. The number of hydrogen-bond donors (Lipinski definition) is 2. The first-order chi connectivity index (χ1) is 12.1. The highest BCUT2D eigenvalue weighted by molar-refractivity contribution is 7.80.